The van der Waals surface area contributed by atoms with E-state index in [1.54, 1.807) is 19.1 Å². The van der Waals surface area contributed by atoms with E-state index < -0.39 is 5.54 Å². The van der Waals surface area contributed by atoms with Gasteiger partial charge in [-0.1, -0.05) is 25.0 Å². The van der Waals surface area contributed by atoms with Crippen LogP contribution in [0, 0.1) is 5.82 Å². The molecule has 3 nitrogen and oxygen atoms in total. The first-order valence-electron chi connectivity index (χ1n) is 6.68. The first kappa shape index (κ1) is 14.0. The molecule has 0 heterocycles. The molecule has 1 aromatic rings. The van der Waals surface area contributed by atoms with Crippen molar-refractivity contribution in [3.63, 3.8) is 0 Å². The van der Waals surface area contributed by atoms with Crippen LogP contribution in [-0.2, 0) is 15.1 Å². The molecule has 19 heavy (non-hydrogen) atoms. The highest BCUT2D eigenvalue weighted by atomic mass is 19.1. The van der Waals surface area contributed by atoms with Gasteiger partial charge in [0, 0.05) is 6.04 Å². The minimum Gasteiger partial charge on any atom is -0.467 e. The summed E-state index contributed by atoms with van der Waals surface area (Å²) in [4.78, 5) is 12.1. The van der Waals surface area contributed by atoms with Crippen LogP contribution in [0.1, 0.15) is 38.2 Å². The molecule has 1 aliphatic rings. The van der Waals surface area contributed by atoms with Gasteiger partial charge in [-0.25, -0.2) is 9.18 Å². The van der Waals surface area contributed by atoms with E-state index in [9.17, 15) is 9.18 Å². The van der Waals surface area contributed by atoms with Crippen LogP contribution in [0.5, 0.6) is 0 Å². The fourth-order valence-corrected chi connectivity index (χ4v) is 2.73. The van der Waals surface area contributed by atoms with Crippen LogP contribution in [0.2, 0.25) is 0 Å². The smallest absolute Gasteiger partial charge is 0.330 e. The van der Waals surface area contributed by atoms with Crippen molar-refractivity contribution in [1.82, 2.24) is 5.32 Å². The van der Waals surface area contributed by atoms with Gasteiger partial charge in [-0.3, -0.25) is 5.32 Å². The lowest BCUT2D eigenvalue weighted by molar-refractivity contribution is -0.148. The largest absolute Gasteiger partial charge is 0.467 e. The van der Waals surface area contributed by atoms with E-state index in [0.717, 1.165) is 18.4 Å². The fourth-order valence-electron chi connectivity index (χ4n) is 2.73. The van der Waals surface area contributed by atoms with Crippen molar-refractivity contribution in [3.05, 3.63) is 35.6 Å². The lowest BCUT2D eigenvalue weighted by Gasteiger charge is -2.31. The second-order valence-corrected chi connectivity index (χ2v) is 5.25. The number of carbonyl (C=O) groups excluding carboxylic acids is 1. The molecule has 104 valence electrons. The third-order valence-corrected chi connectivity index (χ3v) is 3.86. The van der Waals surface area contributed by atoms with Crippen LogP contribution in [0.4, 0.5) is 4.39 Å². The maximum atomic E-state index is 13.0. The number of rotatable bonds is 4. The zero-order chi connectivity index (χ0) is 13.9. The van der Waals surface area contributed by atoms with Gasteiger partial charge in [0.2, 0.25) is 0 Å². The Balaban J connectivity index is 2.27. The molecule has 0 saturated heterocycles. The summed E-state index contributed by atoms with van der Waals surface area (Å²) < 4.78 is 17.9. The average molecular weight is 265 g/mol. The quantitative estimate of drug-likeness (QED) is 0.851. The summed E-state index contributed by atoms with van der Waals surface area (Å²) in [5.74, 6) is -0.650. The molecule has 1 aromatic carbocycles. The van der Waals surface area contributed by atoms with Gasteiger partial charge in [-0.15, -0.1) is 0 Å². The Morgan fingerprint density at radius 1 is 1.32 bits per heavy atom. The van der Waals surface area contributed by atoms with Crippen molar-refractivity contribution in [2.75, 3.05) is 7.11 Å². The second-order valence-electron chi connectivity index (χ2n) is 5.25. The Hall–Kier alpha value is -1.42. The molecule has 1 atom stereocenters. The predicted molar refractivity (Wildman–Crippen MR) is 71.2 cm³/mol. The van der Waals surface area contributed by atoms with E-state index in [1.165, 1.54) is 32.1 Å². The zero-order valence-corrected chi connectivity index (χ0v) is 11.4. The van der Waals surface area contributed by atoms with Crippen LogP contribution in [0.15, 0.2) is 24.3 Å². The maximum absolute atomic E-state index is 13.0. The molecule has 1 unspecified atom stereocenters. The Bertz CT molecular complexity index is 440. The molecule has 1 fully saturated rings. The van der Waals surface area contributed by atoms with Crippen LogP contribution in [-0.4, -0.2) is 19.1 Å². The molecular formula is C15H20FNO2. The van der Waals surface area contributed by atoms with Crippen LogP contribution >= 0.6 is 0 Å². The van der Waals surface area contributed by atoms with E-state index >= 15 is 0 Å². The number of benzene rings is 1. The minimum atomic E-state index is -0.919. The van der Waals surface area contributed by atoms with Crippen LogP contribution in [0.3, 0.4) is 0 Å². The van der Waals surface area contributed by atoms with Crippen molar-refractivity contribution in [2.24, 2.45) is 0 Å². The van der Waals surface area contributed by atoms with E-state index in [1.807, 2.05) is 0 Å². The maximum Gasteiger partial charge on any atom is 0.330 e. The van der Waals surface area contributed by atoms with Gasteiger partial charge in [0.05, 0.1) is 7.11 Å². The van der Waals surface area contributed by atoms with Gasteiger partial charge in [-0.05, 0) is 37.5 Å². The number of hydrogen-bond acceptors (Lipinski definition) is 3. The number of hydrogen-bond donors (Lipinski definition) is 1. The highest BCUT2D eigenvalue weighted by molar-refractivity contribution is 5.82. The molecule has 0 spiro atoms. The molecular weight excluding hydrogens is 245 g/mol. The molecule has 1 saturated carbocycles. The molecule has 0 bridgehead atoms. The van der Waals surface area contributed by atoms with Gasteiger partial charge in [0.1, 0.15) is 11.4 Å². The van der Waals surface area contributed by atoms with Gasteiger partial charge < -0.3 is 4.74 Å². The SMILES string of the molecule is COC(=O)C(C)(NC1CCCC1)c1ccc(F)cc1. The average Bonchev–Trinajstić information content (AvgIpc) is 2.91. The van der Waals surface area contributed by atoms with E-state index in [2.05, 4.69) is 5.32 Å². The summed E-state index contributed by atoms with van der Waals surface area (Å²) >= 11 is 0. The third-order valence-electron chi connectivity index (χ3n) is 3.86. The molecule has 1 aliphatic carbocycles. The number of carbonyl (C=O) groups is 1. The molecule has 1 N–H and O–H groups in total. The monoisotopic (exact) mass is 265 g/mol. The molecule has 0 radical (unpaired) electrons. The van der Waals surface area contributed by atoms with Crippen molar-refractivity contribution < 1.29 is 13.9 Å². The number of nitrogens with one attached hydrogen (secondary N) is 1. The predicted octanol–water partition coefficient (Wildman–Crippen LogP) is 2.75. The number of ether oxygens (including phenoxy) is 1. The Kier molecular flexibility index (Phi) is 4.20. The summed E-state index contributed by atoms with van der Waals surface area (Å²) in [5.41, 5.74) is -0.190. The summed E-state index contributed by atoms with van der Waals surface area (Å²) in [7, 11) is 1.38. The zero-order valence-electron chi connectivity index (χ0n) is 11.4. The lowest BCUT2D eigenvalue weighted by atomic mass is 9.90. The molecule has 4 heteroatoms. The lowest BCUT2D eigenvalue weighted by Crippen LogP contribution is -2.51. The van der Waals surface area contributed by atoms with Crippen LogP contribution < -0.4 is 5.32 Å². The second kappa shape index (κ2) is 5.70. The topological polar surface area (TPSA) is 38.3 Å². The van der Waals surface area contributed by atoms with Gasteiger partial charge in [0.15, 0.2) is 0 Å². The van der Waals surface area contributed by atoms with Crippen molar-refractivity contribution in [3.8, 4) is 0 Å². The first-order chi connectivity index (χ1) is 9.06. The number of halogens is 1. The normalized spacial score (nSPS) is 19.1. The summed E-state index contributed by atoms with van der Waals surface area (Å²) in [6.07, 6.45) is 4.48. The minimum absolute atomic E-state index is 0.308. The van der Waals surface area contributed by atoms with Crippen molar-refractivity contribution in [2.45, 2.75) is 44.2 Å². The molecule has 0 aliphatic heterocycles. The van der Waals surface area contributed by atoms with Crippen molar-refractivity contribution in [1.29, 1.82) is 0 Å². The summed E-state index contributed by atoms with van der Waals surface area (Å²) in [6.45, 7) is 1.80. The van der Waals surface area contributed by atoms with Gasteiger partial charge in [-0.2, -0.15) is 0 Å². The molecule has 0 amide bonds. The van der Waals surface area contributed by atoms with E-state index in [4.69, 9.17) is 4.74 Å². The van der Waals surface area contributed by atoms with Crippen molar-refractivity contribution >= 4 is 5.97 Å². The first-order valence-corrected chi connectivity index (χ1v) is 6.68. The Morgan fingerprint density at radius 3 is 2.42 bits per heavy atom. The highest BCUT2D eigenvalue weighted by Crippen LogP contribution is 2.27. The number of esters is 1. The van der Waals surface area contributed by atoms with Gasteiger partial charge in [0.25, 0.3) is 0 Å². The molecule has 0 aromatic heterocycles. The fraction of sp³-hybridized carbons (Fsp3) is 0.533. The Labute approximate surface area is 113 Å². The third kappa shape index (κ3) is 2.95. The van der Waals surface area contributed by atoms with Crippen LogP contribution in [0.25, 0.3) is 0 Å². The number of methoxy groups -OCH3 is 1. The van der Waals surface area contributed by atoms with E-state index in [-0.39, 0.29) is 11.8 Å². The Morgan fingerprint density at radius 2 is 1.89 bits per heavy atom. The summed E-state index contributed by atoms with van der Waals surface area (Å²) in [6, 6.07) is 6.32. The van der Waals surface area contributed by atoms with E-state index in [0.29, 0.717) is 6.04 Å². The molecule has 2 rings (SSSR count). The summed E-state index contributed by atoms with van der Waals surface area (Å²) in [5, 5.41) is 3.38. The highest BCUT2D eigenvalue weighted by Gasteiger charge is 2.38. The van der Waals surface area contributed by atoms with Gasteiger partial charge >= 0.3 is 5.97 Å². The standard InChI is InChI=1S/C15H20FNO2/c1-15(14(18)19-2,17-13-5-3-4-6-13)11-7-9-12(16)10-8-11/h7-10,13,17H,3-6H2,1-2H3.